The molecule has 0 saturated carbocycles. The highest BCUT2D eigenvalue weighted by molar-refractivity contribution is 8.76. The highest BCUT2D eigenvalue weighted by Crippen LogP contribution is 2.20. The van der Waals surface area contributed by atoms with Gasteiger partial charge in [0.1, 0.15) is 5.78 Å². The molecule has 0 rings (SSSR count). The largest absolute Gasteiger partial charge is 0.355 e. The number of hydrogen-bond donors (Lipinski definition) is 4. The Morgan fingerprint density at radius 1 is 1.08 bits per heavy atom. The SMILES string of the molecule is CC(=O)CNC(=O)C(N)CSSCCNC(=O)CC[C@H](N)C(=O)N=O. The van der Waals surface area contributed by atoms with Crippen molar-refractivity contribution in [1.29, 1.82) is 0 Å². The van der Waals surface area contributed by atoms with Gasteiger partial charge in [-0.05, 0) is 13.3 Å². The summed E-state index contributed by atoms with van der Waals surface area (Å²) in [7, 11) is 2.82. The number of carbonyl (C=O) groups is 4. The molecule has 0 aliphatic rings. The molecule has 2 atom stereocenters. The van der Waals surface area contributed by atoms with Crippen molar-refractivity contribution in [1.82, 2.24) is 10.6 Å². The Bertz CT molecular complexity index is 491. The van der Waals surface area contributed by atoms with Crippen LogP contribution in [-0.4, -0.2) is 60.2 Å². The second kappa shape index (κ2) is 13.8. The fourth-order valence-corrected chi connectivity index (χ4v) is 3.43. The minimum absolute atomic E-state index is 0.0292. The van der Waals surface area contributed by atoms with Crippen molar-refractivity contribution in [2.75, 3.05) is 24.6 Å². The van der Waals surface area contributed by atoms with E-state index < -0.39 is 18.0 Å². The standard InChI is InChI=1S/C13H23N5O5S2/c1-8(19)6-17-12(21)10(15)7-25-24-5-4-16-11(20)3-2-9(14)13(22)18-23/h9-10H,2-7,14-15H2,1H3,(H,16,20)(H,17,21)/t9-,10?/m0/s1. The second-order valence-electron chi connectivity index (χ2n) is 5.06. The quantitative estimate of drug-likeness (QED) is 0.172. The van der Waals surface area contributed by atoms with Crippen LogP contribution in [-0.2, 0) is 19.2 Å². The highest BCUT2D eigenvalue weighted by atomic mass is 33.1. The van der Waals surface area contributed by atoms with Gasteiger partial charge in [0.25, 0.3) is 0 Å². The topological polar surface area (TPSA) is 174 Å². The van der Waals surface area contributed by atoms with Gasteiger partial charge in [-0.15, -0.1) is 4.91 Å². The van der Waals surface area contributed by atoms with Gasteiger partial charge in [-0.3, -0.25) is 19.2 Å². The van der Waals surface area contributed by atoms with Gasteiger partial charge in [0.15, 0.2) is 0 Å². The van der Waals surface area contributed by atoms with Gasteiger partial charge in [-0.2, -0.15) is 0 Å². The second-order valence-corrected chi connectivity index (χ2v) is 7.68. The Labute approximate surface area is 153 Å². The first kappa shape index (κ1) is 23.5. The number of carbonyl (C=O) groups excluding carboxylic acids is 4. The zero-order valence-electron chi connectivity index (χ0n) is 13.9. The first-order chi connectivity index (χ1) is 11.8. The van der Waals surface area contributed by atoms with E-state index in [9.17, 15) is 24.1 Å². The van der Waals surface area contributed by atoms with Gasteiger partial charge in [-0.1, -0.05) is 21.6 Å². The van der Waals surface area contributed by atoms with Crippen LogP contribution >= 0.6 is 21.6 Å². The number of nitrogens with zero attached hydrogens (tertiary/aromatic N) is 1. The molecular weight excluding hydrogens is 370 g/mol. The van der Waals surface area contributed by atoms with E-state index in [-0.39, 0.29) is 37.0 Å². The Kier molecular flexibility index (Phi) is 12.9. The summed E-state index contributed by atoms with van der Waals surface area (Å²) in [5.41, 5.74) is 11.0. The predicted molar refractivity (Wildman–Crippen MR) is 97.6 cm³/mol. The minimum Gasteiger partial charge on any atom is -0.355 e. The van der Waals surface area contributed by atoms with Gasteiger partial charge in [0.05, 0.1) is 18.6 Å². The number of nitrogens with one attached hydrogen (secondary N) is 2. The first-order valence-corrected chi connectivity index (χ1v) is 9.93. The number of hydrogen-bond acceptors (Lipinski definition) is 9. The Morgan fingerprint density at radius 3 is 2.36 bits per heavy atom. The summed E-state index contributed by atoms with van der Waals surface area (Å²) in [4.78, 5) is 54.6. The lowest BCUT2D eigenvalue weighted by molar-refractivity contribution is -0.125. The summed E-state index contributed by atoms with van der Waals surface area (Å²) in [5, 5.41) is 7.27. The molecule has 1 unspecified atom stereocenters. The molecule has 6 N–H and O–H groups in total. The van der Waals surface area contributed by atoms with Crippen LogP contribution in [0.25, 0.3) is 0 Å². The van der Waals surface area contributed by atoms with E-state index in [1.807, 2.05) is 0 Å². The molecule has 0 spiro atoms. The van der Waals surface area contributed by atoms with Gasteiger partial charge < -0.3 is 22.1 Å². The van der Waals surface area contributed by atoms with E-state index in [1.54, 1.807) is 0 Å². The lowest BCUT2D eigenvalue weighted by Crippen LogP contribution is -2.43. The maximum absolute atomic E-state index is 11.5. The summed E-state index contributed by atoms with van der Waals surface area (Å²) in [6.45, 7) is 1.74. The molecule has 0 aliphatic heterocycles. The number of ketones is 1. The number of rotatable bonds is 13. The van der Waals surface area contributed by atoms with E-state index in [0.717, 1.165) is 0 Å². The molecule has 3 amide bonds. The molecule has 0 radical (unpaired) electrons. The number of nitrogens with two attached hydrogens (primary N) is 2. The van der Waals surface area contributed by atoms with Crippen LogP contribution in [0.2, 0.25) is 0 Å². The van der Waals surface area contributed by atoms with Crippen LogP contribution in [0.1, 0.15) is 19.8 Å². The van der Waals surface area contributed by atoms with Gasteiger partial charge in [0, 0.05) is 29.6 Å². The van der Waals surface area contributed by atoms with E-state index in [1.165, 1.54) is 28.5 Å². The molecule has 0 bridgehead atoms. The smallest absolute Gasteiger partial charge is 0.302 e. The zero-order chi connectivity index (χ0) is 19.2. The molecule has 0 fully saturated rings. The molecule has 10 nitrogen and oxygen atoms in total. The maximum atomic E-state index is 11.5. The molecular formula is C13H23N5O5S2. The molecule has 0 aromatic heterocycles. The predicted octanol–water partition coefficient (Wildman–Crippen LogP) is -1.08. The van der Waals surface area contributed by atoms with Crippen molar-refractivity contribution in [3.8, 4) is 0 Å². The molecule has 142 valence electrons. The third-order valence-electron chi connectivity index (χ3n) is 2.78. The summed E-state index contributed by atoms with van der Waals surface area (Å²) >= 11 is 0. The summed E-state index contributed by atoms with van der Waals surface area (Å²) in [5.74, 6) is -0.807. The number of Topliss-reactive ketones (excluding diaryl/α,β-unsaturated/α-hetero) is 1. The lowest BCUT2D eigenvalue weighted by atomic mass is 10.1. The van der Waals surface area contributed by atoms with Gasteiger partial charge in [0.2, 0.25) is 11.8 Å². The van der Waals surface area contributed by atoms with Gasteiger partial charge in [-0.25, -0.2) is 0 Å². The third-order valence-corrected chi connectivity index (χ3v) is 5.22. The van der Waals surface area contributed by atoms with Crippen molar-refractivity contribution in [2.45, 2.75) is 31.8 Å². The average Bonchev–Trinajstić information content (AvgIpc) is 2.59. The fourth-order valence-electron chi connectivity index (χ4n) is 1.40. The Morgan fingerprint density at radius 2 is 1.76 bits per heavy atom. The van der Waals surface area contributed by atoms with Crippen LogP contribution in [0.15, 0.2) is 5.18 Å². The fraction of sp³-hybridized carbons (Fsp3) is 0.692. The van der Waals surface area contributed by atoms with Crippen LogP contribution < -0.4 is 22.1 Å². The van der Waals surface area contributed by atoms with E-state index in [4.69, 9.17) is 11.5 Å². The monoisotopic (exact) mass is 393 g/mol. The molecule has 12 heteroatoms. The van der Waals surface area contributed by atoms with Gasteiger partial charge >= 0.3 is 5.91 Å². The van der Waals surface area contributed by atoms with Crippen molar-refractivity contribution < 1.29 is 19.2 Å². The normalized spacial score (nSPS) is 12.8. The van der Waals surface area contributed by atoms with E-state index in [2.05, 4.69) is 15.8 Å². The summed E-state index contributed by atoms with van der Waals surface area (Å²) in [6, 6.07) is -1.76. The minimum atomic E-state index is -1.05. The Balaban J connectivity index is 3.67. The van der Waals surface area contributed by atoms with E-state index >= 15 is 0 Å². The highest BCUT2D eigenvalue weighted by Gasteiger charge is 2.15. The molecule has 0 aliphatic carbocycles. The first-order valence-electron chi connectivity index (χ1n) is 7.44. The lowest BCUT2D eigenvalue weighted by Gasteiger charge is -2.11. The molecule has 0 heterocycles. The van der Waals surface area contributed by atoms with Crippen LogP contribution in [0.3, 0.4) is 0 Å². The molecule has 0 aromatic carbocycles. The van der Waals surface area contributed by atoms with Crippen LogP contribution in [0.5, 0.6) is 0 Å². The van der Waals surface area contributed by atoms with Crippen molar-refractivity contribution in [3.63, 3.8) is 0 Å². The third kappa shape index (κ3) is 12.5. The molecule has 25 heavy (non-hydrogen) atoms. The van der Waals surface area contributed by atoms with Crippen molar-refractivity contribution in [2.24, 2.45) is 16.6 Å². The zero-order valence-corrected chi connectivity index (χ0v) is 15.5. The summed E-state index contributed by atoms with van der Waals surface area (Å²) in [6.07, 6.45) is 0.0873. The summed E-state index contributed by atoms with van der Waals surface area (Å²) < 4.78 is 0. The van der Waals surface area contributed by atoms with Crippen molar-refractivity contribution in [3.05, 3.63) is 4.91 Å². The molecule has 0 aromatic rings. The Hall–Kier alpha value is -1.50. The number of nitroso groups, excluding NO2 is 1. The molecule has 0 saturated heterocycles. The van der Waals surface area contributed by atoms with Crippen LogP contribution in [0.4, 0.5) is 0 Å². The van der Waals surface area contributed by atoms with Crippen molar-refractivity contribution >= 4 is 45.1 Å². The van der Waals surface area contributed by atoms with E-state index in [0.29, 0.717) is 18.1 Å². The number of amides is 3. The van der Waals surface area contributed by atoms with Crippen LogP contribution in [0, 0.1) is 4.91 Å². The average molecular weight is 393 g/mol. The maximum Gasteiger partial charge on any atom is 0.302 e.